The van der Waals surface area contributed by atoms with Gasteiger partial charge in [-0.05, 0) is 142 Å². The molecule has 7 rings (SSSR count). The average molecular weight is 2040 g/mol. The molecule has 6 heterocycles. The minimum absolute atomic E-state index is 1.21. The van der Waals surface area contributed by atoms with Crippen molar-refractivity contribution in [2.24, 2.45) is 0 Å². The Kier molecular flexibility index (Phi) is 73.1. The van der Waals surface area contributed by atoms with Crippen molar-refractivity contribution in [3.8, 4) is 0 Å². The molecule has 6 aliphatic rings. The molecule has 1 aromatic carbocycles. The highest BCUT2D eigenvalue weighted by atomic mass is 32.3. The summed E-state index contributed by atoms with van der Waals surface area (Å²) in [6.45, 7) is 13.9. The quantitative estimate of drug-likeness (QED) is 0.0448. The number of allylic oxidation sites excluding steroid dienone is 9. The highest BCUT2D eigenvalue weighted by Gasteiger charge is 2.31. The van der Waals surface area contributed by atoms with Crippen LogP contribution in [0.5, 0.6) is 0 Å². The molecule has 0 nitrogen and oxygen atoms in total. The van der Waals surface area contributed by atoms with E-state index in [1.165, 1.54) is 477 Å². The van der Waals surface area contributed by atoms with E-state index in [-0.39, 0.29) is 0 Å². The molecule has 6 aliphatic heterocycles. The first-order chi connectivity index (χ1) is 62.4. The van der Waals surface area contributed by atoms with Gasteiger partial charge in [0.25, 0.3) is 0 Å². The monoisotopic (exact) mass is 2040 g/mol. The molecule has 0 amide bonds. The van der Waals surface area contributed by atoms with E-state index in [2.05, 4.69) is 290 Å². The number of thioether (sulfide) groups is 18. The highest BCUT2D eigenvalue weighted by Crippen LogP contribution is 2.66. The molecule has 1 aromatic rings. The van der Waals surface area contributed by atoms with Crippen LogP contribution in [0.4, 0.5) is 0 Å². The molecule has 708 valence electrons. The highest BCUT2D eigenvalue weighted by molar-refractivity contribution is 8.44. The summed E-state index contributed by atoms with van der Waals surface area (Å²) in [6.07, 6.45) is 111. The van der Waals surface area contributed by atoms with Crippen LogP contribution in [-0.4, -0.2) is 34.5 Å². The molecule has 18 heteroatoms. The largest absolute Gasteiger partial charge is 0.117 e. The molecule has 0 N–H and O–H groups in total. The van der Waals surface area contributed by atoms with E-state index in [4.69, 9.17) is 0 Å². The van der Waals surface area contributed by atoms with Gasteiger partial charge in [-0.25, -0.2) is 0 Å². The van der Waals surface area contributed by atoms with Crippen LogP contribution < -0.4 is 0 Å². The predicted octanol–water partition coefficient (Wildman–Crippen LogP) is 46.5. The average Bonchev–Trinajstić information content (AvgIpc) is 1.68. The second-order valence-corrected chi connectivity index (χ2v) is 56.3. The minimum Gasteiger partial charge on any atom is -0.117 e. The van der Waals surface area contributed by atoms with Crippen LogP contribution >= 0.6 is 212 Å². The van der Waals surface area contributed by atoms with E-state index >= 15 is 0 Å². The first-order valence-electron chi connectivity index (χ1n) is 51.0. The summed E-state index contributed by atoms with van der Waals surface area (Å²) in [5.74, 6) is 7.46. The van der Waals surface area contributed by atoms with E-state index in [9.17, 15) is 0 Å². The Labute approximate surface area is 852 Å². The summed E-state index contributed by atoms with van der Waals surface area (Å²) in [5.41, 5.74) is 3.63. The van der Waals surface area contributed by atoms with Gasteiger partial charge in [-0.15, -0.1) is 70.6 Å². The van der Waals surface area contributed by atoms with E-state index in [0.717, 1.165) is 0 Å². The van der Waals surface area contributed by atoms with Crippen molar-refractivity contribution in [2.75, 3.05) is 34.5 Å². The van der Waals surface area contributed by atoms with Crippen molar-refractivity contribution in [3.05, 3.63) is 171 Å². The van der Waals surface area contributed by atoms with E-state index in [0.29, 0.717) is 0 Å². The molecule has 0 saturated carbocycles. The lowest BCUT2D eigenvalue weighted by molar-refractivity contribution is 0.563. The standard InChI is InChI=1S/C108H168S18/c1-7-13-19-25-31-37-43-49-55-67-79-109-97-98(110-80-68-56-50-44-38-32-26-20-14-8-2)122-106(121-97)103-115-88-94(118-103)76-64-61-73-91-85-92(74-62-65-77-95-89-116-104(119-95)107-123-99(111-81-69-57-51-45-39-33-27-21-15-9-3)100(124-107)112-82-70-58-52-46-40-34-28-22-16-10-4)87-93(86-91)75-63-66-78-96-90-117-105(120-96)108-125-101(113-83-71-59-53-47-41-35-29-23-17-11-5)102(126-108)114-84-72-60-54-48-42-36-30-24-18-12-6/h61-66,73-78,85-90H,7-60,67-72,79-84H2,1-6H3/b73-61+,74-62+,75-63+,76-64+,77-65+,78-66+. The number of hydrogen-bond acceptors (Lipinski definition) is 18. The molecular formula is C108H168S18. The van der Waals surface area contributed by atoms with Gasteiger partial charge in [0.05, 0.1) is 50.8 Å². The predicted molar refractivity (Wildman–Crippen MR) is 624 cm³/mol. The first kappa shape index (κ1) is 115. The van der Waals surface area contributed by atoms with Gasteiger partial charge in [0.15, 0.2) is 0 Å². The fourth-order valence-electron chi connectivity index (χ4n) is 15.4. The van der Waals surface area contributed by atoms with Gasteiger partial charge in [0.2, 0.25) is 0 Å². The van der Waals surface area contributed by atoms with E-state index in [1.807, 2.05) is 70.6 Å². The molecule has 0 fully saturated rings. The van der Waals surface area contributed by atoms with Gasteiger partial charge in [-0.1, -0.05) is 584 Å². The third kappa shape index (κ3) is 55.4. The van der Waals surface area contributed by atoms with Gasteiger partial charge >= 0.3 is 0 Å². The number of hydrogen-bond donors (Lipinski definition) is 0. The van der Waals surface area contributed by atoms with Crippen LogP contribution in [0.1, 0.15) is 443 Å². The number of rotatable bonds is 81. The summed E-state index contributed by atoms with van der Waals surface area (Å²) < 4.78 is 18.3. The molecular weight excluding hydrogens is 1870 g/mol. The van der Waals surface area contributed by atoms with Crippen LogP contribution in [0, 0.1) is 0 Å². The van der Waals surface area contributed by atoms with Crippen molar-refractivity contribution in [3.63, 3.8) is 0 Å². The molecule has 0 saturated heterocycles. The molecule has 0 atom stereocenters. The second kappa shape index (κ2) is 80.4. The first-order valence-corrected chi connectivity index (χ1v) is 66.9. The van der Waals surface area contributed by atoms with Crippen LogP contribution in [-0.2, 0) is 0 Å². The normalized spacial score (nSPS) is 16.1. The smallest absolute Gasteiger partial charge is 0.0717 e. The molecule has 0 unspecified atom stereocenters. The maximum Gasteiger partial charge on any atom is 0.0717 e. The van der Waals surface area contributed by atoms with E-state index in [1.54, 1.807) is 25.4 Å². The van der Waals surface area contributed by atoms with Crippen molar-refractivity contribution in [1.82, 2.24) is 0 Å². The fraction of sp³-hybridized carbons (Fsp3) is 0.667. The SMILES string of the molecule is CCCCCCCCCCCCSC1=C(SCCCCCCCCCCCC)SC(=C2SC=C(/C=C/C=C/c3cc(/C=C/C=C/C4=CSC(=C5SC(SCCCCCCCCCCCC)=C(SCCCCCCCCCCCC)S5)S4)cc(/C=C/C=C/C4=CSC(=C5SC(SCCCCCCCCCCCC)=C(SCCCCCCCCCCCC)S5)S4)c3)S2)S1. The third-order valence-electron chi connectivity index (χ3n) is 23.0. The van der Waals surface area contributed by atoms with Crippen LogP contribution in [0.15, 0.2) is 155 Å². The Morgan fingerprint density at radius 3 is 0.492 bits per heavy atom. The molecule has 0 aromatic heterocycles. The van der Waals surface area contributed by atoms with Crippen LogP contribution in [0.3, 0.4) is 0 Å². The van der Waals surface area contributed by atoms with Crippen molar-refractivity contribution in [1.29, 1.82) is 0 Å². The van der Waals surface area contributed by atoms with Gasteiger partial charge in [0.1, 0.15) is 0 Å². The Morgan fingerprint density at radius 1 is 0.175 bits per heavy atom. The summed E-state index contributed by atoms with van der Waals surface area (Å²) in [6, 6.07) is 7.07. The third-order valence-corrected chi connectivity index (χ3v) is 48.7. The molecule has 0 spiro atoms. The number of benzene rings is 1. The Hall–Kier alpha value is 1.62. The molecule has 126 heavy (non-hydrogen) atoms. The lowest BCUT2D eigenvalue weighted by Gasteiger charge is -2.06. The summed E-state index contributed by atoms with van der Waals surface area (Å²) in [5, 5.41) is 7.16. The maximum atomic E-state index is 2.39. The lowest BCUT2D eigenvalue weighted by Crippen LogP contribution is -1.85. The summed E-state index contributed by atoms with van der Waals surface area (Å²) >= 11 is 37.1. The fourth-order valence-corrected chi connectivity index (χ4v) is 40.8. The van der Waals surface area contributed by atoms with Crippen LogP contribution in [0.25, 0.3) is 18.2 Å². The molecule has 0 bridgehead atoms. The topological polar surface area (TPSA) is 0 Å². The van der Waals surface area contributed by atoms with Gasteiger partial charge in [-0.3, -0.25) is 0 Å². The zero-order valence-corrected chi connectivity index (χ0v) is 94.1. The van der Waals surface area contributed by atoms with Crippen molar-refractivity contribution in [2.45, 2.75) is 427 Å². The zero-order valence-electron chi connectivity index (χ0n) is 79.4. The van der Waals surface area contributed by atoms with Gasteiger partial charge < -0.3 is 0 Å². The Morgan fingerprint density at radius 2 is 0.325 bits per heavy atom. The summed E-state index contributed by atoms with van der Waals surface area (Å²) in [7, 11) is 0. The minimum atomic E-state index is 1.21. The van der Waals surface area contributed by atoms with Crippen molar-refractivity contribution >= 4 is 230 Å². The zero-order chi connectivity index (χ0) is 88.5. The Balaban J connectivity index is 0.988. The van der Waals surface area contributed by atoms with Gasteiger partial charge in [-0.2, -0.15) is 0 Å². The summed E-state index contributed by atoms with van der Waals surface area (Å²) in [4.78, 5) is 3.99. The van der Waals surface area contributed by atoms with E-state index < -0.39 is 0 Å². The second-order valence-electron chi connectivity index (χ2n) is 34.6. The lowest BCUT2D eigenvalue weighted by atomic mass is 10.0. The van der Waals surface area contributed by atoms with Gasteiger partial charge in [0, 0.05) is 14.7 Å². The number of unbranched alkanes of at least 4 members (excludes halogenated alkanes) is 54. The maximum absolute atomic E-state index is 2.39. The van der Waals surface area contributed by atoms with Crippen LogP contribution in [0.2, 0.25) is 0 Å². The van der Waals surface area contributed by atoms with Crippen molar-refractivity contribution < 1.29 is 0 Å². The molecule has 0 aliphatic carbocycles. The Bertz CT molecular complexity index is 3060. The molecule has 0 radical (unpaired) electrons.